The van der Waals surface area contributed by atoms with E-state index in [1.54, 1.807) is 6.20 Å². The minimum absolute atomic E-state index is 0.178. The molecular weight excluding hydrogens is 266 g/mol. The highest BCUT2D eigenvalue weighted by molar-refractivity contribution is 7.09. The maximum absolute atomic E-state index is 11.4. The van der Waals surface area contributed by atoms with Gasteiger partial charge in [-0.25, -0.2) is 9.78 Å². The molecule has 0 saturated heterocycles. The van der Waals surface area contributed by atoms with E-state index in [4.69, 9.17) is 5.11 Å². The standard InChI is InChI=1S/C12H19N3O3S/c1-9(2-3-11(16)17)4-5-14-12(18)15-8-10-13-6-7-19-10/h6-7,9H,2-5,8H2,1H3,(H,16,17)(H2,14,15,18). The highest BCUT2D eigenvalue weighted by atomic mass is 32.1. The van der Waals surface area contributed by atoms with E-state index in [0.29, 0.717) is 19.5 Å². The van der Waals surface area contributed by atoms with Gasteiger partial charge < -0.3 is 15.7 Å². The van der Waals surface area contributed by atoms with Crippen LogP contribution in [0.5, 0.6) is 0 Å². The van der Waals surface area contributed by atoms with E-state index in [9.17, 15) is 9.59 Å². The number of carboxylic acids is 1. The first kappa shape index (κ1) is 15.4. The number of carbonyl (C=O) groups excluding carboxylic acids is 1. The molecule has 1 aromatic heterocycles. The number of nitrogens with one attached hydrogen (secondary N) is 2. The summed E-state index contributed by atoms with van der Waals surface area (Å²) in [6.45, 7) is 2.96. The molecule has 3 N–H and O–H groups in total. The molecule has 1 aromatic rings. The van der Waals surface area contributed by atoms with Crippen LogP contribution in [0.15, 0.2) is 11.6 Å². The predicted molar refractivity (Wildman–Crippen MR) is 73.0 cm³/mol. The Balaban J connectivity index is 2.05. The third kappa shape index (κ3) is 7.40. The lowest BCUT2D eigenvalue weighted by molar-refractivity contribution is -0.137. The highest BCUT2D eigenvalue weighted by Crippen LogP contribution is 2.09. The van der Waals surface area contributed by atoms with Crippen molar-refractivity contribution >= 4 is 23.3 Å². The predicted octanol–water partition coefficient (Wildman–Crippen LogP) is 1.83. The number of urea groups is 1. The molecule has 0 aliphatic rings. The highest BCUT2D eigenvalue weighted by Gasteiger charge is 2.06. The first-order chi connectivity index (χ1) is 9.08. The third-order valence-corrected chi connectivity index (χ3v) is 3.44. The number of aromatic nitrogens is 1. The van der Waals surface area contributed by atoms with Gasteiger partial charge in [0.15, 0.2) is 0 Å². The lowest BCUT2D eigenvalue weighted by atomic mass is 10.0. The van der Waals surface area contributed by atoms with Crippen LogP contribution in [0, 0.1) is 5.92 Å². The van der Waals surface area contributed by atoms with Crippen LogP contribution in [0.1, 0.15) is 31.2 Å². The van der Waals surface area contributed by atoms with Gasteiger partial charge in [-0.2, -0.15) is 0 Å². The van der Waals surface area contributed by atoms with Crippen molar-refractivity contribution in [3.05, 3.63) is 16.6 Å². The third-order valence-electron chi connectivity index (χ3n) is 2.66. The smallest absolute Gasteiger partial charge is 0.315 e. The summed E-state index contributed by atoms with van der Waals surface area (Å²) in [7, 11) is 0. The van der Waals surface area contributed by atoms with Crippen LogP contribution in [0.2, 0.25) is 0 Å². The van der Waals surface area contributed by atoms with Crippen molar-refractivity contribution in [3.63, 3.8) is 0 Å². The minimum atomic E-state index is -0.777. The van der Waals surface area contributed by atoms with Crippen LogP contribution < -0.4 is 10.6 Å². The zero-order chi connectivity index (χ0) is 14.1. The van der Waals surface area contributed by atoms with Gasteiger partial charge in [0.2, 0.25) is 0 Å². The Morgan fingerprint density at radius 2 is 2.21 bits per heavy atom. The molecule has 1 unspecified atom stereocenters. The van der Waals surface area contributed by atoms with Gasteiger partial charge in [-0.1, -0.05) is 6.92 Å². The molecule has 1 atom stereocenters. The molecule has 0 radical (unpaired) electrons. The molecule has 19 heavy (non-hydrogen) atoms. The second-order valence-electron chi connectivity index (χ2n) is 4.36. The molecule has 0 bridgehead atoms. The van der Waals surface area contributed by atoms with Crippen molar-refractivity contribution in [3.8, 4) is 0 Å². The number of hydrogen-bond donors (Lipinski definition) is 3. The number of rotatable bonds is 8. The topological polar surface area (TPSA) is 91.3 Å². The molecule has 6 nitrogen and oxygen atoms in total. The van der Waals surface area contributed by atoms with Gasteiger partial charge in [0.1, 0.15) is 5.01 Å². The Kier molecular flexibility index (Phi) is 6.88. The van der Waals surface area contributed by atoms with Crippen LogP contribution in [0.3, 0.4) is 0 Å². The average molecular weight is 285 g/mol. The average Bonchev–Trinajstić information content (AvgIpc) is 2.87. The molecule has 106 valence electrons. The second-order valence-corrected chi connectivity index (χ2v) is 5.34. The van der Waals surface area contributed by atoms with E-state index in [-0.39, 0.29) is 18.4 Å². The van der Waals surface area contributed by atoms with E-state index in [0.717, 1.165) is 11.4 Å². The van der Waals surface area contributed by atoms with Crippen molar-refractivity contribution in [1.29, 1.82) is 0 Å². The van der Waals surface area contributed by atoms with Crippen LogP contribution in [0.25, 0.3) is 0 Å². The number of nitrogens with zero attached hydrogens (tertiary/aromatic N) is 1. The quantitative estimate of drug-likeness (QED) is 0.679. The number of aliphatic carboxylic acids is 1. The first-order valence-corrected chi connectivity index (χ1v) is 7.07. The Hall–Kier alpha value is -1.63. The van der Waals surface area contributed by atoms with Crippen molar-refractivity contribution < 1.29 is 14.7 Å². The SMILES string of the molecule is CC(CCNC(=O)NCc1nccs1)CCC(=O)O. The Bertz CT molecular complexity index is 395. The summed E-state index contributed by atoms with van der Waals surface area (Å²) in [5.41, 5.74) is 0. The molecule has 0 saturated carbocycles. The van der Waals surface area contributed by atoms with Gasteiger partial charge in [0.05, 0.1) is 6.54 Å². The fourth-order valence-electron chi connectivity index (χ4n) is 1.50. The lowest BCUT2D eigenvalue weighted by Gasteiger charge is -2.11. The van der Waals surface area contributed by atoms with Gasteiger partial charge in [-0.3, -0.25) is 4.79 Å². The molecule has 0 spiro atoms. The summed E-state index contributed by atoms with van der Waals surface area (Å²) in [5, 5.41) is 16.7. The second kappa shape index (κ2) is 8.47. The Morgan fingerprint density at radius 3 is 2.84 bits per heavy atom. The van der Waals surface area contributed by atoms with E-state index in [1.807, 2.05) is 12.3 Å². The van der Waals surface area contributed by atoms with E-state index in [2.05, 4.69) is 15.6 Å². The number of amides is 2. The molecule has 0 fully saturated rings. The number of carboxylic acid groups (broad SMARTS) is 1. The van der Waals surface area contributed by atoms with Crippen LogP contribution in [0.4, 0.5) is 4.79 Å². The molecule has 1 heterocycles. The maximum Gasteiger partial charge on any atom is 0.315 e. The summed E-state index contributed by atoms with van der Waals surface area (Å²) in [5.74, 6) is -0.489. The van der Waals surface area contributed by atoms with Crippen LogP contribution in [-0.4, -0.2) is 28.6 Å². The summed E-state index contributed by atoms with van der Waals surface area (Å²) < 4.78 is 0. The Morgan fingerprint density at radius 1 is 1.42 bits per heavy atom. The Labute approximate surface area is 116 Å². The van der Waals surface area contributed by atoms with Gasteiger partial charge >= 0.3 is 12.0 Å². The van der Waals surface area contributed by atoms with Crippen LogP contribution >= 0.6 is 11.3 Å². The van der Waals surface area contributed by atoms with Gasteiger partial charge in [-0.05, 0) is 18.8 Å². The van der Waals surface area contributed by atoms with Gasteiger partial charge in [0.25, 0.3) is 0 Å². The minimum Gasteiger partial charge on any atom is -0.481 e. The van der Waals surface area contributed by atoms with Crippen LogP contribution in [-0.2, 0) is 11.3 Å². The summed E-state index contributed by atoms with van der Waals surface area (Å²) in [6, 6.07) is -0.222. The van der Waals surface area contributed by atoms with Gasteiger partial charge in [0, 0.05) is 24.5 Å². The van der Waals surface area contributed by atoms with Crippen molar-refractivity contribution in [2.24, 2.45) is 5.92 Å². The molecule has 7 heteroatoms. The molecule has 1 rings (SSSR count). The number of hydrogen-bond acceptors (Lipinski definition) is 4. The maximum atomic E-state index is 11.4. The monoisotopic (exact) mass is 285 g/mol. The molecule has 0 aromatic carbocycles. The number of carbonyl (C=O) groups is 2. The van der Waals surface area contributed by atoms with Crippen molar-refractivity contribution in [1.82, 2.24) is 15.6 Å². The molecule has 0 aliphatic heterocycles. The molecule has 2 amide bonds. The van der Waals surface area contributed by atoms with E-state index in [1.165, 1.54) is 11.3 Å². The zero-order valence-electron chi connectivity index (χ0n) is 10.9. The lowest BCUT2D eigenvalue weighted by Crippen LogP contribution is -2.36. The fraction of sp³-hybridized carbons (Fsp3) is 0.583. The van der Waals surface area contributed by atoms with Gasteiger partial charge in [-0.15, -0.1) is 11.3 Å². The number of thiazole rings is 1. The molecule has 0 aliphatic carbocycles. The molecular formula is C12H19N3O3S. The summed E-state index contributed by atoms with van der Waals surface area (Å²) in [4.78, 5) is 25.9. The fourth-order valence-corrected chi connectivity index (χ4v) is 2.06. The van der Waals surface area contributed by atoms with Crippen molar-refractivity contribution in [2.75, 3.05) is 6.54 Å². The largest absolute Gasteiger partial charge is 0.481 e. The van der Waals surface area contributed by atoms with E-state index >= 15 is 0 Å². The summed E-state index contributed by atoms with van der Waals surface area (Å²) >= 11 is 1.49. The summed E-state index contributed by atoms with van der Waals surface area (Å²) in [6.07, 6.45) is 3.29. The normalized spacial score (nSPS) is 11.8. The van der Waals surface area contributed by atoms with Crippen molar-refractivity contribution in [2.45, 2.75) is 32.7 Å². The van der Waals surface area contributed by atoms with E-state index < -0.39 is 5.97 Å². The zero-order valence-corrected chi connectivity index (χ0v) is 11.7. The first-order valence-electron chi connectivity index (χ1n) is 6.19.